The van der Waals surface area contributed by atoms with Crippen LogP contribution < -0.4 is 14.8 Å². The fraction of sp³-hybridized carbons (Fsp3) is 0.500. The van der Waals surface area contributed by atoms with Crippen molar-refractivity contribution in [3.63, 3.8) is 0 Å². The third kappa shape index (κ3) is 3.27. The molecule has 0 aromatic heterocycles. The largest absolute Gasteiger partial charge is 0.454 e. The molecule has 3 rings (SSSR count). The molecule has 1 fully saturated rings. The maximum Gasteiger partial charge on any atom is 0.254 e. The molecular weight excluding hydrogens is 360 g/mol. The first kappa shape index (κ1) is 16.4. The van der Waals surface area contributed by atoms with Gasteiger partial charge < -0.3 is 19.7 Å². The number of ether oxygens (including phenoxy) is 2. The molecule has 1 aromatic rings. The number of benzene rings is 1. The van der Waals surface area contributed by atoms with E-state index < -0.39 is 0 Å². The third-order valence-corrected chi connectivity index (χ3v) is 4.38. The van der Waals surface area contributed by atoms with Gasteiger partial charge in [-0.3, -0.25) is 4.79 Å². The quantitative estimate of drug-likeness (QED) is 0.860. The number of fused-ring (bicyclic) bond motifs is 1. The molecule has 21 heavy (non-hydrogen) atoms. The van der Waals surface area contributed by atoms with Crippen molar-refractivity contribution < 1.29 is 14.3 Å². The number of piperidine rings is 1. The topological polar surface area (TPSA) is 50.8 Å². The molecule has 2 heterocycles. The van der Waals surface area contributed by atoms with Crippen LogP contribution in [0.3, 0.4) is 0 Å². The number of nitrogens with one attached hydrogen (secondary N) is 1. The molecule has 1 unspecified atom stereocenters. The van der Waals surface area contributed by atoms with Gasteiger partial charge in [0.05, 0.1) is 4.47 Å². The minimum absolute atomic E-state index is 0. The van der Waals surface area contributed by atoms with Gasteiger partial charge in [-0.15, -0.1) is 12.4 Å². The molecule has 116 valence electrons. The molecule has 0 spiro atoms. The van der Waals surface area contributed by atoms with Crippen molar-refractivity contribution in [3.05, 3.63) is 22.2 Å². The highest BCUT2D eigenvalue weighted by atomic mass is 79.9. The Balaban J connectivity index is 0.00000161. The van der Waals surface area contributed by atoms with Crippen LogP contribution in [0.15, 0.2) is 16.6 Å². The minimum Gasteiger partial charge on any atom is -0.454 e. The molecule has 2 aliphatic heterocycles. The second-order valence-corrected chi connectivity index (χ2v) is 5.93. The molecule has 0 bridgehead atoms. The fourth-order valence-electron chi connectivity index (χ4n) is 2.67. The van der Waals surface area contributed by atoms with E-state index in [2.05, 4.69) is 21.2 Å². The van der Waals surface area contributed by atoms with Gasteiger partial charge in [0.2, 0.25) is 6.79 Å². The van der Waals surface area contributed by atoms with Gasteiger partial charge in [-0.05, 0) is 48.0 Å². The maximum atomic E-state index is 12.6. The first-order chi connectivity index (χ1) is 9.69. The molecule has 1 atom stereocenters. The van der Waals surface area contributed by atoms with E-state index in [1.807, 2.05) is 11.9 Å². The van der Waals surface area contributed by atoms with Gasteiger partial charge in [-0.1, -0.05) is 0 Å². The molecule has 1 aromatic carbocycles. The zero-order valence-electron chi connectivity index (χ0n) is 11.7. The summed E-state index contributed by atoms with van der Waals surface area (Å²) in [6.45, 7) is 1.77. The molecule has 1 amide bonds. The Morgan fingerprint density at radius 2 is 2.24 bits per heavy atom. The summed E-state index contributed by atoms with van der Waals surface area (Å²) >= 11 is 3.43. The van der Waals surface area contributed by atoms with E-state index in [9.17, 15) is 4.79 Å². The number of rotatable bonds is 2. The van der Waals surface area contributed by atoms with Crippen molar-refractivity contribution >= 4 is 34.2 Å². The summed E-state index contributed by atoms with van der Waals surface area (Å²) < 4.78 is 11.5. The minimum atomic E-state index is 0. The van der Waals surface area contributed by atoms with Crippen molar-refractivity contribution in [2.24, 2.45) is 0 Å². The number of likely N-dealkylation sites (N-methyl/N-ethyl adjacent to an activating group) is 1. The zero-order chi connectivity index (χ0) is 14.1. The van der Waals surface area contributed by atoms with Crippen LogP contribution in [0.4, 0.5) is 0 Å². The van der Waals surface area contributed by atoms with Crippen molar-refractivity contribution in [1.82, 2.24) is 10.2 Å². The van der Waals surface area contributed by atoms with Crippen molar-refractivity contribution in [3.8, 4) is 11.5 Å². The third-order valence-electron chi connectivity index (χ3n) is 3.79. The summed E-state index contributed by atoms with van der Waals surface area (Å²) in [5, 5.41) is 3.25. The van der Waals surface area contributed by atoms with Crippen molar-refractivity contribution in [1.29, 1.82) is 0 Å². The Labute approximate surface area is 138 Å². The lowest BCUT2D eigenvalue weighted by molar-refractivity contribution is 0.0697. The lowest BCUT2D eigenvalue weighted by Crippen LogP contribution is -2.46. The van der Waals surface area contributed by atoms with E-state index in [1.165, 1.54) is 0 Å². The number of nitrogens with zero attached hydrogens (tertiary/aromatic N) is 1. The smallest absolute Gasteiger partial charge is 0.254 e. The van der Waals surface area contributed by atoms with Gasteiger partial charge in [-0.2, -0.15) is 0 Å². The molecule has 1 saturated heterocycles. The summed E-state index contributed by atoms with van der Waals surface area (Å²) in [6, 6.07) is 3.95. The Bertz CT molecular complexity index is 541. The number of halogens is 2. The van der Waals surface area contributed by atoms with Gasteiger partial charge in [-0.25, -0.2) is 0 Å². The highest BCUT2D eigenvalue weighted by Gasteiger charge is 2.26. The molecule has 0 aliphatic carbocycles. The van der Waals surface area contributed by atoms with E-state index >= 15 is 0 Å². The predicted molar refractivity (Wildman–Crippen MR) is 85.5 cm³/mol. The van der Waals surface area contributed by atoms with Crippen molar-refractivity contribution in [2.75, 3.05) is 26.9 Å². The Kier molecular flexibility index (Phi) is 5.35. The number of carbonyl (C=O) groups is 1. The summed E-state index contributed by atoms with van der Waals surface area (Å²) in [4.78, 5) is 14.5. The van der Waals surface area contributed by atoms with Crippen LogP contribution in [0, 0.1) is 0 Å². The van der Waals surface area contributed by atoms with Crippen LogP contribution in [0.25, 0.3) is 0 Å². The molecule has 1 N–H and O–H groups in total. The molecule has 7 heteroatoms. The SMILES string of the molecule is CNC1CCCN(C(=O)c2cc(Br)c3c(c2)OCO3)C1.Cl. The highest BCUT2D eigenvalue weighted by molar-refractivity contribution is 9.10. The summed E-state index contributed by atoms with van der Waals surface area (Å²) in [7, 11) is 1.94. The summed E-state index contributed by atoms with van der Waals surface area (Å²) in [5.74, 6) is 1.35. The van der Waals surface area contributed by atoms with Crippen molar-refractivity contribution in [2.45, 2.75) is 18.9 Å². The van der Waals surface area contributed by atoms with Gasteiger partial charge in [0.1, 0.15) is 0 Å². The van der Waals surface area contributed by atoms with Gasteiger partial charge in [0.15, 0.2) is 11.5 Å². The van der Waals surface area contributed by atoms with Gasteiger partial charge in [0.25, 0.3) is 5.91 Å². The number of amides is 1. The Morgan fingerprint density at radius 3 is 3.00 bits per heavy atom. The first-order valence-corrected chi connectivity index (χ1v) is 7.54. The number of hydrogen-bond donors (Lipinski definition) is 1. The molecular formula is C14H18BrClN2O3. The number of hydrogen-bond acceptors (Lipinski definition) is 4. The number of likely N-dealkylation sites (tertiary alicyclic amines) is 1. The highest BCUT2D eigenvalue weighted by Crippen LogP contribution is 2.40. The van der Waals surface area contributed by atoms with Gasteiger partial charge in [0, 0.05) is 24.7 Å². The normalized spacial score (nSPS) is 20.1. The summed E-state index contributed by atoms with van der Waals surface area (Å²) in [5.41, 5.74) is 0.637. The predicted octanol–water partition coefficient (Wildman–Crippen LogP) is 2.42. The second-order valence-electron chi connectivity index (χ2n) is 5.07. The zero-order valence-corrected chi connectivity index (χ0v) is 14.1. The van der Waals surface area contributed by atoms with E-state index in [0.29, 0.717) is 23.1 Å². The van der Waals surface area contributed by atoms with Crippen LogP contribution >= 0.6 is 28.3 Å². The van der Waals surface area contributed by atoms with Crippen LogP contribution in [-0.2, 0) is 0 Å². The number of carbonyl (C=O) groups excluding carboxylic acids is 1. The molecule has 0 radical (unpaired) electrons. The van der Waals surface area contributed by atoms with Crippen LogP contribution in [0.5, 0.6) is 11.5 Å². The lowest BCUT2D eigenvalue weighted by atomic mass is 10.0. The van der Waals surface area contributed by atoms with E-state index in [1.54, 1.807) is 12.1 Å². The average Bonchev–Trinajstić information content (AvgIpc) is 2.95. The molecule has 5 nitrogen and oxygen atoms in total. The molecule has 0 saturated carbocycles. The Morgan fingerprint density at radius 1 is 1.43 bits per heavy atom. The van der Waals surface area contributed by atoms with Crippen LogP contribution in [-0.4, -0.2) is 43.8 Å². The maximum absolute atomic E-state index is 12.6. The fourth-order valence-corrected chi connectivity index (χ4v) is 3.23. The van der Waals surface area contributed by atoms with Crippen LogP contribution in [0.1, 0.15) is 23.2 Å². The lowest BCUT2D eigenvalue weighted by Gasteiger charge is -2.32. The van der Waals surface area contributed by atoms with E-state index in [0.717, 1.165) is 30.4 Å². The molecule has 2 aliphatic rings. The van der Waals surface area contributed by atoms with Gasteiger partial charge >= 0.3 is 0 Å². The monoisotopic (exact) mass is 376 g/mol. The second kappa shape index (κ2) is 6.85. The first-order valence-electron chi connectivity index (χ1n) is 6.74. The average molecular weight is 378 g/mol. The van der Waals surface area contributed by atoms with E-state index in [4.69, 9.17) is 9.47 Å². The summed E-state index contributed by atoms with van der Waals surface area (Å²) in [6.07, 6.45) is 2.15. The standard InChI is InChI=1S/C14H17BrN2O3.ClH/c1-16-10-3-2-4-17(7-10)14(18)9-5-11(15)13-12(6-9)19-8-20-13;/h5-6,10,16H,2-4,7-8H2,1H3;1H. The Hall–Kier alpha value is -0.980. The van der Waals surface area contributed by atoms with Crippen LogP contribution in [0.2, 0.25) is 0 Å². The van der Waals surface area contributed by atoms with E-state index in [-0.39, 0.29) is 25.1 Å².